The average Bonchev–Trinajstić information content (AvgIpc) is 2.55. The van der Waals surface area contributed by atoms with Crippen molar-refractivity contribution in [3.63, 3.8) is 0 Å². The minimum Gasteiger partial charge on any atom is -0.406 e. The van der Waals surface area contributed by atoms with Crippen LogP contribution in [0.3, 0.4) is 0 Å². The fraction of sp³-hybridized carbons (Fsp3) is 0.588. The lowest BCUT2D eigenvalue weighted by molar-refractivity contribution is -0.274. The molecule has 1 aliphatic rings. The van der Waals surface area contributed by atoms with Crippen LogP contribution in [0.4, 0.5) is 18.9 Å². The van der Waals surface area contributed by atoms with Crippen molar-refractivity contribution in [2.24, 2.45) is 16.1 Å². The highest BCUT2D eigenvalue weighted by molar-refractivity contribution is 5.92. The van der Waals surface area contributed by atoms with E-state index in [0.29, 0.717) is 18.7 Å². The molecule has 0 spiro atoms. The van der Waals surface area contributed by atoms with Crippen molar-refractivity contribution in [3.8, 4) is 5.75 Å². The van der Waals surface area contributed by atoms with Crippen molar-refractivity contribution in [2.45, 2.75) is 44.9 Å². The summed E-state index contributed by atoms with van der Waals surface area (Å²) in [5.41, 5.74) is 6.40. The van der Waals surface area contributed by atoms with Crippen LogP contribution >= 0.6 is 0 Å². The summed E-state index contributed by atoms with van der Waals surface area (Å²) in [5.74, 6) is -0.0926. The second-order valence-electron chi connectivity index (χ2n) is 6.43. The number of nitrogens with zero attached hydrogens (tertiary/aromatic N) is 1. The summed E-state index contributed by atoms with van der Waals surface area (Å²) in [7, 11) is 0. The van der Waals surface area contributed by atoms with Crippen molar-refractivity contribution < 1.29 is 23.0 Å². The molecule has 0 saturated heterocycles. The van der Waals surface area contributed by atoms with Crippen molar-refractivity contribution in [1.29, 1.82) is 0 Å². The molecule has 0 aliphatic heterocycles. The van der Waals surface area contributed by atoms with Gasteiger partial charge in [-0.1, -0.05) is 19.3 Å². The normalized spacial score (nSPS) is 18.0. The summed E-state index contributed by atoms with van der Waals surface area (Å²) in [6.07, 6.45) is 1.50. The molecule has 4 N–H and O–H groups in total. The maximum absolute atomic E-state index is 12.1. The second-order valence-corrected chi connectivity index (χ2v) is 6.43. The number of rotatable bonds is 6. The first kappa shape index (κ1) is 19.4. The molecule has 1 aromatic rings. The van der Waals surface area contributed by atoms with E-state index in [0.717, 1.165) is 25.7 Å². The Morgan fingerprint density at radius 3 is 2.40 bits per heavy atom. The van der Waals surface area contributed by atoms with Gasteiger partial charge in [0.1, 0.15) is 5.75 Å². The molecule has 5 nitrogen and oxygen atoms in total. The number of ether oxygens (including phenoxy) is 1. The van der Waals surface area contributed by atoms with E-state index in [2.05, 4.69) is 15.0 Å². The third kappa shape index (κ3) is 6.45. The smallest absolute Gasteiger partial charge is 0.406 e. The SMILES string of the molecule is NC(=NCC1(CCO)CCCCC1)Nc1ccc(OC(F)(F)F)cc1. The first-order valence-electron chi connectivity index (χ1n) is 8.36. The Morgan fingerprint density at radius 1 is 1.20 bits per heavy atom. The molecule has 0 unspecified atom stereocenters. The summed E-state index contributed by atoms with van der Waals surface area (Å²) in [5, 5.41) is 12.2. The number of halogens is 3. The Bertz CT molecular complexity index is 562. The topological polar surface area (TPSA) is 79.9 Å². The number of anilines is 1. The van der Waals surface area contributed by atoms with Crippen LogP contribution in [0.2, 0.25) is 0 Å². The van der Waals surface area contributed by atoms with Crippen molar-refractivity contribution in [3.05, 3.63) is 24.3 Å². The highest BCUT2D eigenvalue weighted by Crippen LogP contribution is 2.39. The Morgan fingerprint density at radius 2 is 1.84 bits per heavy atom. The lowest BCUT2D eigenvalue weighted by Gasteiger charge is -2.35. The van der Waals surface area contributed by atoms with Gasteiger partial charge in [0.2, 0.25) is 0 Å². The standard InChI is InChI=1S/C17H24F3N3O2/c18-17(19,20)25-14-6-4-13(5-7-14)23-15(21)22-12-16(10-11-24)8-2-1-3-9-16/h4-7,24H,1-3,8-12H2,(H3,21,22,23). The minimum absolute atomic E-state index is 0.0102. The number of hydrogen-bond acceptors (Lipinski definition) is 3. The molecule has 140 valence electrons. The zero-order valence-corrected chi connectivity index (χ0v) is 14.0. The van der Waals surface area contributed by atoms with Crippen molar-refractivity contribution >= 4 is 11.6 Å². The zero-order valence-electron chi connectivity index (χ0n) is 14.0. The number of hydrogen-bond donors (Lipinski definition) is 3. The molecule has 1 fully saturated rings. The first-order valence-corrected chi connectivity index (χ1v) is 8.36. The molecule has 8 heteroatoms. The Labute approximate surface area is 145 Å². The van der Waals surface area contributed by atoms with Crippen molar-refractivity contribution in [2.75, 3.05) is 18.5 Å². The van der Waals surface area contributed by atoms with Gasteiger partial charge in [-0.2, -0.15) is 0 Å². The molecule has 1 aliphatic carbocycles. The van der Waals surface area contributed by atoms with Gasteiger partial charge in [-0.3, -0.25) is 4.99 Å². The van der Waals surface area contributed by atoms with Crippen LogP contribution in [-0.2, 0) is 0 Å². The van der Waals surface area contributed by atoms with E-state index < -0.39 is 6.36 Å². The van der Waals surface area contributed by atoms with Crippen LogP contribution in [0.15, 0.2) is 29.3 Å². The van der Waals surface area contributed by atoms with E-state index in [4.69, 9.17) is 5.73 Å². The summed E-state index contributed by atoms with van der Waals surface area (Å²) in [4.78, 5) is 4.38. The van der Waals surface area contributed by atoms with Gasteiger partial charge in [-0.25, -0.2) is 0 Å². The number of benzene rings is 1. The van der Waals surface area contributed by atoms with Gasteiger partial charge >= 0.3 is 6.36 Å². The molecule has 25 heavy (non-hydrogen) atoms. The molecule has 0 heterocycles. The third-order valence-corrected chi connectivity index (χ3v) is 4.50. The van der Waals surface area contributed by atoms with Crippen LogP contribution in [0.5, 0.6) is 5.75 Å². The molecule has 0 bridgehead atoms. The number of aliphatic hydroxyl groups is 1. The monoisotopic (exact) mass is 359 g/mol. The van der Waals surface area contributed by atoms with E-state index in [-0.39, 0.29) is 23.7 Å². The summed E-state index contributed by atoms with van der Waals surface area (Å²) in [6.45, 7) is 0.658. The minimum atomic E-state index is -4.71. The quantitative estimate of drug-likeness (QED) is 0.535. The third-order valence-electron chi connectivity index (χ3n) is 4.50. The van der Waals surface area contributed by atoms with E-state index in [9.17, 15) is 18.3 Å². The van der Waals surface area contributed by atoms with Gasteiger partial charge in [-0.15, -0.1) is 13.2 Å². The van der Waals surface area contributed by atoms with E-state index in [1.807, 2.05) is 0 Å². The average molecular weight is 359 g/mol. The summed E-state index contributed by atoms with van der Waals surface area (Å²) < 4.78 is 40.2. The number of aliphatic hydroxyl groups excluding tert-OH is 1. The number of nitrogens with one attached hydrogen (secondary N) is 1. The molecule has 1 saturated carbocycles. The Balaban J connectivity index is 1.93. The zero-order chi connectivity index (χ0) is 18.3. The van der Waals surface area contributed by atoms with Gasteiger partial charge < -0.3 is 20.9 Å². The van der Waals surface area contributed by atoms with Gasteiger partial charge in [-0.05, 0) is 48.9 Å². The largest absolute Gasteiger partial charge is 0.573 e. The Kier molecular flexibility index (Phi) is 6.52. The Hall–Kier alpha value is -1.96. The second kappa shape index (κ2) is 8.42. The predicted octanol–water partition coefficient (Wildman–Crippen LogP) is 3.64. The molecule has 0 atom stereocenters. The molecular weight excluding hydrogens is 335 g/mol. The molecule has 0 radical (unpaired) electrons. The van der Waals surface area contributed by atoms with Gasteiger partial charge in [0.05, 0.1) is 0 Å². The molecule has 2 rings (SSSR count). The highest BCUT2D eigenvalue weighted by Gasteiger charge is 2.32. The van der Waals surface area contributed by atoms with Crippen LogP contribution in [0, 0.1) is 5.41 Å². The fourth-order valence-electron chi connectivity index (χ4n) is 3.21. The summed E-state index contributed by atoms with van der Waals surface area (Å²) in [6, 6.07) is 5.29. The number of nitrogens with two attached hydrogens (primary N) is 1. The fourth-order valence-corrected chi connectivity index (χ4v) is 3.21. The maximum atomic E-state index is 12.1. The van der Waals surface area contributed by atoms with E-state index in [1.54, 1.807) is 0 Å². The van der Waals surface area contributed by atoms with Gasteiger partial charge in [0.25, 0.3) is 0 Å². The van der Waals surface area contributed by atoms with Crippen LogP contribution in [-0.4, -0.2) is 30.6 Å². The number of aliphatic imine (C=N–C) groups is 1. The van der Waals surface area contributed by atoms with Crippen LogP contribution in [0.1, 0.15) is 38.5 Å². The van der Waals surface area contributed by atoms with Gasteiger partial charge in [0, 0.05) is 18.8 Å². The maximum Gasteiger partial charge on any atom is 0.573 e. The van der Waals surface area contributed by atoms with Gasteiger partial charge in [0.15, 0.2) is 5.96 Å². The van der Waals surface area contributed by atoms with Crippen molar-refractivity contribution in [1.82, 2.24) is 0 Å². The first-order chi connectivity index (χ1) is 11.8. The van der Waals surface area contributed by atoms with Crippen LogP contribution < -0.4 is 15.8 Å². The lowest BCUT2D eigenvalue weighted by Crippen LogP contribution is -2.31. The molecule has 1 aromatic carbocycles. The molecule has 0 amide bonds. The number of alkyl halides is 3. The molecular formula is C17H24F3N3O2. The highest BCUT2D eigenvalue weighted by atomic mass is 19.4. The van der Waals surface area contributed by atoms with E-state index in [1.165, 1.54) is 30.7 Å². The number of guanidine groups is 1. The summed E-state index contributed by atoms with van der Waals surface area (Å²) >= 11 is 0. The lowest BCUT2D eigenvalue weighted by atomic mass is 9.72. The van der Waals surface area contributed by atoms with Crippen LogP contribution in [0.25, 0.3) is 0 Å². The predicted molar refractivity (Wildman–Crippen MR) is 90.5 cm³/mol. The molecule has 0 aromatic heterocycles. The van der Waals surface area contributed by atoms with E-state index >= 15 is 0 Å².